The SMILES string of the molecule is CN(C(=O)Nc1ccc2c(ccn2C)c1)c1cc2oc(=O)c(C(=O)O)cc2s1. The summed E-state index contributed by atoms with van der Waals surface area (Å²) >= 11 is 1.16. The molecule has 0 aliphatic rings. The number of benzene rings is 1. The Labute approximate surface area is 162 Å². The van der Waals surface area contributed by atoms with Crippen molar-refractivity contribution in [1.82, 2.24) is 4.57 Å². The molecule has 9 heteroatoms. The van der Waals surface area contributed by atoms with Gasteiger partial charge in [0.25, 0.3) is 0 Å². The molecule has 4 aromatic rings. The summed E-state index contributed by atoms with van der Waals surface area (Å²) in [5.74, 6) is -1.35. The van der Waals surface area contributed by atoms with Crippen molar-refractivity contribution in [2.75, 3.05) is 17.3 Å². The number of aryl methyl sites for hydroxylation is 1. The van der Waals surface area contributed by atoms with Crippen LogP contribution in [-0.4, -0.2) is 28.7 Å². The molecule has 142 valence electrons. The van der Waals surface area contributed by atoms with E-state index in [0.717, 1.165) is 22.2 Å². The van der Waals surface area contributed by atoms with Crippen LogP contribution in [0.1, 0.15) is 10.4 Å². The lowest BCUT2D eigenvalue weighted by Gasteiger charge is -2.16. The number of carboxylic acids is 1. The van der Waals surface area contributed by atoms with Gasteiger partial charge < -0.3 is 19.4 Å². The molecule has 0 radical (unpaired) electrons. The van der Waals surface area contributed by atoms with Crippen LogP contribution in [0.5, 0.6) is 0 Å². The van der Waals surface area contributed by atoms with Crippen molar-refractivity contribution in [3.8, 4) is 0 Å². The Bertz CT molecular complexity index is 1300. The molecule has 0 aliphatic heterocycles. The summed E-state index contributed by atoms with van der Waals surface area (Å²) in [5, 5.41) is 13.4. The van der Waals surface area contributed by atoms with Crippen molar-refractivity contribution in [2.24, 2.45) is 7.05 Å². The van der Waals surface area contributed by atoms with Crippen LogP contribution in [0.25, 0.3) is 21.2 Å². The van der Waals surface area contributed by atoms with Gasteiger partial charge in [0.1, 0.15) is 10.6 Å². The zero-order valence-corrected chi connectivity index (χ0v) is 15.7. The fraction of sp³-hybridized carbons (Fsp3) is 0.105. The minimum absolute atomic E-state index is 0.236. The van der Waals surface area contributed by atoms with E-state index in [1.54, 1.807) is 7.05 Å². The van der Waals surface area contributed by atoms with E-state index in [1.165, 1.54) is 17.0 Å². The van der Waals surface area contributed by atoms with Crippen molar-refractivity contribution >= 4 is 55.2 Å². The molecule has 28 heavy (non-hydrogen) atoms. The Morgan fingerprint density at radius 1 is 1.21 bits per heavy atom. The summed E-state index contributed by atoms with van der Waals surface area (Å²) in [6.45, 7) is 0. The average Bonchev–Trinajstić information content (AvgIpc) is 3.23. The first kappa shape index (κ1) is 17.8. The third kappa shape index (κ3) is 3.01. The molecule has 0 spiro atoms. The van der Waals surface area contributed by atoms with Gasteiger partial charge in [-0.15, -0.1) is 11.3 Å². The number of nitrogens with zero attached hydrogens (tertiary/aromatic N) is 2. The largest absolute Gasteiger partial charge is 0.477 e. The number of fused-ring (bicyclic) bond motifs is 2. The second-order valence-corrected chi connectivity index (χ2v) is 7.32. The number of anilines is 2. The highest BCUT2D eigenvalue weighted by molar-refractivity contribution is 7.22. The van der Waals surface area contributed by atoms with Gasteiger partial charge in [-0.2, -0.15) is 0 Å². The molecule has 0 bridgehead atoms. The topological polar surface area (TPSA) is 105 Å². The zero-order valence-electron chi connectivity index (χ0n) is 14.9. The molecule has 0 fully saturated rings. The summed E-state index contributed by atoms with van der Waals surface area (Å²) in [6, 6.07) is 10.00. The highest BCUT2D eigenvalue weighted by Crippen LogP contribution is 2.32. The van der Waals surface area contributed by atoms with Crippen LogP contribution < -0.4 is 15.8 Å². The van der Waals surface area contributed by atoms with Gasteiger partial charge in [-0.3, -0.25) is 4.90 Å². The van der Waals surface area contributed by atoms with Crippen molar-refractivity contribution < 1.29 is 19.1 Å². The van der Waals surface area contributed by atoms with Crippen LogP contribution in [0.3, 0.4) is 0 Å². The van der Waals surface area contributed by atoms with Gasteiger partial charge in [-0.05, 0) is 30.3 Å². The Hall–Kier alpha value is -3.59. The summed E-state index contributed by atoms with van der Waals surface area (Å²) in [5.41, 5.74) is 0.577. The molecule has 8 nitrogen and oxygen atoms in total. The molecule has 0 aliphatic carbocycles. The first-order valence-electron chi connectivity index (χ1n) is 8.24. The van der Waals surface area contributed by atoms with Crippen molar-refractivity contribution in [3.63, 3.8) is 0 Å². The first-order chi connectivity index (χ1) is 13.3. The lowest BCUT2D eigenvalue weighted by molar-refractivity contribution is 0.0692. The highest BCUT2D eigenvalue weighted by atomic mass is 32.1. The van der Waals surface area contributed by atoms with E-state index in [1.807, 2.05) is 42.1 Å². The van der Waals surface area contributed by atoms with Crippen molar-refractivity contribution in [2.45, 2.75) is 0 Å². The van der Waals surface area contributed by atoms with Gasteiger partial charge in [0.2, 0.25) is 0 Å². The highest BCUT2D eigenvalue weighted by Gasteiger charge is 2.18. The number of urea groups is 1. The third-order valence-electron chi connectivity index (χ3n) is 4.41. The number of aromatic nitrogens is 1. The second kappa shape index (κ2) is 6.54. The zero-order chi connectivity index (χ0) is 20.0. The summed E-state index contributed by atoms with van der Waals surface area (Å²) in [6.07, 6.45) is 1.94. The molecule has 2 N–H and O–H groups in total. The van der Waals surface area contributed by atoms with Crippen LogP contribution in [0.4, 0.5) is 15.5 Å². The van der Waals surface area contributed by atoms with E-state index < -0.39 is 17.2 Å². The van der Waals surface area contributed by atoms with E-state index in [0.29, 0.717) is 15.4 Å². The quantitative estimate of drug-likeness (QED) is 0.548. The number of carbonyl (C=O) groups is 2. The fourth-order valence-corrected chi connectivity index (χ4v) is 3.87. The summed E-state index contributed by atoms with van der Waals surface area (Å²) in [7, 11) is 3.53. The predicted octanol–water partition coefficient (Wildman–Crippen LogP) is 3.71. The average molecular weight is 397 g/mol. The van der Waals surface area contributed by atoms with Gasteiger partial charge in [0, 0.05) is 42.9 Å². The number of hydrogen-bond acceptors (Lipinski definition) is 5. The van der Waals surface area contributed by atoms with Crippen LogP contribution in [0.15, 0.2) is 51.8 Å². The Morgan fingerprint density at radius 3 is 2.75 bits per heavy atom. The number of carbonyl (C=O) groups excluding carboxylic acids is 1. The molecular weight excluding hydrogens is 382 g/mol. The van der Waals surface area contributed by atoms with Crippen molar-refractivity contribution in [3.05, 3.63) is 58.6 Å². The minimum Gasteiger partial charge on any atom is -0.477 e. The Kier molecular flexibility index (Phi) is 4.16. The first-order valence-corrected chi connectivity index (χ1v) is 9.06. The standard InChI is InChI=1S/C19H15N3O5S/c1-21-6-5-10-7-11(3-4-13(10)21)20-19(26)22(2)16-9-14-15(28-16)8-12(17(23)24)18(25)27-14/h3-9H,1-2H3,(H,20,26)(H,23,24). The smallest absolute Gasteiger partial charge is 0.351 e. The number of rotatable bonds is 3. The Balaban J connectivity index is 1.60. The van der Waals surface area contributed by atoms with Crippen LogP contribution >= 0.6 is 11.3 Å². The molecule has 3 aromatic heterocycles. The minimum atomic E-state index is -1.35. The van der Waals surface area contributed by atoms with E-state index >= 15 is 0 Å². The molecule has 2 amide bonds. The number of amides is 2. The van der Waals surface area contributed by atoms with Crippen molar-refractivity contribution in [1.29, 1.82) is 0 Å². The number of thiophene rings is 1. The lowest BCUT2D eigenvalue weighted by Crippen LogP contribution is -2.30. The Morgan fingerprint density at radius 2 is 2.00 bits per heavy atom. The van der Waals surface area contributed by atoms with Crippen LogP contribution in [0.2, 0.25) is 0 Å². The normalized spacial score (nSPS) is 11.1. The number of carboxylic acid groups (broad SMARTS) is 1. The number of nitrogens with one attached hydrogen (secondary N) is 1. The molecule has 3 heterocycles. The molecule has 0 saturated heterocycles. The molecule has 4 rings (SSSR count). The molecule has 0 saturated carbocycles. The van der Waals surface area contributed by atoms with Crippen LogP contribution in [-0.2, 0) is 7.05 Å². The second-order valence-electron chi connectivity index (χ2n) is 6.26. The molecule has 0 unspecified atom stereocenters. The van der Waals surface area contributed by atoms with Gasteiger partial charge in [0.15, 0.2) is 5.58 Å². The van der Waals surface area contributed by atoms with E-state index in [4.69, 9.17) is 9.52 Å². The van der Waals surface area contributed by atoms with Gasteiger partial charge in [-0.1, -0.05) is 0 Å². The summed E-state index contributed by atoms with van der Waals surface area (Å²) in [4.78, 5) is 36.8. The maximum atomic E-state index is 12.6. The number of aromatic carboxylic acids is 1. The third-order valence-corrected chi connectivity index (χ3v) is 5.55. The van der Waals surface area contributed by atoms with Crippen LogP contribution in [0, 0.1) is 0 Å². The monoisotopic (exact) mass is 397 g/mol. The van der Waals surface area contributed by atoms with E-state index in [9.17, 15) is 14.4 Å². The lowest BCUT2D eigenvalue weighted by atomic mass is 10.2. The maximum absolute atomic E-state index is 12.6. The fourth-order valence-electron chi connectivity index (χ4n) is 2.88. The van der Waals surface area contributed by atoms with Gasteiger partial charge >= 0.3 is 17.6 Å². The molecule has 0 atom stereocenters. The van der Waals surface area contributed by atoms with E-state index in [2.05, 4.69) is 5.32 Å². The van der Waals surface area contributed by atoms with Gasteiger partial charge in [0.05, 0.1) is 4.70 Å². The summed E-state index contributed by atoms with van der Waals surface area (Å²) < 4.78 is 7.51. The van der Waals surface area contributed by atoms with E-state index in [-0.39, 0.29) is 11.6 Å². The predicted molar refractivity (Wildman–Crippen MR) is 108 cm³/mol. The molecule has 1 aromatic carbocycles. The number of hydrogen-bond donors (Lipinski definition) is 2. The maximum Gasteiger partial charge on any atom is 0.351 e. The van der Waals surface area contributed by atoms with Gasteiger partial charge in [-0.25, -0.2) is 14.4 Å². The molecular formula is C19H15N3O5S.